The van der Waals surface area contributed by atoms with Crippen molar-refractivity contribution >= 4 is 11.9 Å². The van der Waals surface area contributed by atoms with Gasteiger partial charge in [0.1, 0.15) is 18.2 Å². The third kappa shape index (κ3) is 5.07. The van der Waals surface area contributed by atoms with Crippen LogP contribution in [0.5, 0.6) is 0 Å². The fraction of sp³-hybridized carbons (Fsp3) is 0.625. The molecule has 8 nitrogen and oxygen atoms in total. The fourth-order valence-corrected chi connectivity index (χ4v) is 2.42. The first kappa shape index (κ1) is 18.0. The molecule has 1 amide bonds. The maximum absolute atomic E-state index is 11.8. The number of amides is 1. The van der Waals surface area contributed by atoms with E-state index in [-0.39, 0.29) is 18.5 Å². The molecule has 1 aromatic heterocycles. The Morgan fingerprint density at radius 2 is 2.25 bits per heavy atom. The van der Waals surface area contributed by atoms with Gasteiger partial charge in [-0.2, -0.15) is 5.10 Å². The summed E-state index contributed by atoms with van der Waals surface area (Å²) >= 11 is 0. The number of aliphatic imine (C=N–C) groups is 1. The van der Waals surface area contributed by atoms with E-state index in [0.29, 0.717) is 12.5 Å². The van der Waals surface area contributed by atoms with E-state index in [9.17, 15) is 4.79 Å². The van der Waals surface area contributed by atoms with Crippen LogP contribution in [0.25, 0.3) is 0 Å². The number of hydrogen-bond acceptors (Lipinski definition) is 4. The van der Waals surface area contributed by atoms with E-state index in [1.807, 2.05) is 18.5 Å². The average Bonchev–Trinajstić information content (AvgIpc) is 2.88. The van der Waals surface area contributed by atoms with Crippen LogP contribution in [-0.4, -0.2) is 64.8 Å². The zero-order valence-electron chi connectivity index (χ0n) is 15.0. The van der Waals surface area contributed by atoms with E-state index in [2.05, 4.69) is 32.3 Å². The highest BCUT2D eigenvalue weighted by Gasteiger charge is 2.21. The summed E-state index contributed by atoms with van der Waals surface area (Å²) in [7, 11) is 3.45. The van der Waals surface area contributed by atoms with Crippen molar-refractivity contribution in [3.63, 3.8) is 0 Å². The molecule has 24 heavy (non-hydrogen) atoms. The van der Waals surface area contributed by atoms with Crippen LogP contribution in [-0.2, 0) is 17.8 Å². The van der Waals surface area contributed by atoms with E-state index >= 15 is 0 Å². The third-order valence-electron chi connectivity index (χ3n) is 3.73. The summed E-state index contributed by atoms with van der Waals surface area (Å²) in [5.41, 5.74) is 1.00. The molecule has 0 aliphatic carbocycles. The molecule has 2 heterocycles. The van der Waals surface area contributed by atoms with Crippen LogP contribution in [0.4, 0.5) is 0 Å². The van der Waals surface area contributed by atoms with E-state index in [4.69, 9.17) is 0 Å². The largest absolute Gasteiger partial charge is 0.353 e. The highest BCUT2D eigenvalue weighted by molar-refractivity contribution is 5.85. The lowest BCUT2D eigenvalue weighted by Crippen LogP contribution is -2.47. The number of hydrogen-bond donors (Lipinski definition) is 2. The third-order valence-corrected chi connectivity index (χ3v) is 3.73. The number of carbonyl (C=O) groups is 1. The molecule has 8 heteroatoms. The zero-order chi connectivity index (χ0) is 17.7. The lowest BCUT2D eigenvalue weighted by Gasteiger charge is -2.25. The summed E-state index contributed by atoms with van der Waals surface area (Å²) in [6.45, 7) is 9.20. The van der Waals surface area contributed by atoms with E-state index in [1.54, 1.807) is 14.1 Å². The second-order valence-corrected chi connectivity index (χ2v) is 6.40. The van der Waals surface area contributed by atoms with Gasteiger partial charge in [-0.1, -0.05) is 12.2 Å². The molecular weight excluding hydrogens is 306 g/mol. The fourth-order valence-electron chi connectivity index (χ4n) is 2.42. The number of nitrogens with one attached hydrogen (secondary N) is 2. The van der Waals surface area contributed by atoms with Gasteiger partial charge in [-0.25, -0.2) is 14.7 Å². The van der Waals surface area contributed by atoms with Crippen molar-refractivity contribution in [1.82, 2.24) is 30.3 Å². The van der Waals surface area contributed by atoms with E-state index in [1.165, 1.54) is 4.90 Å². The maximum atomic E-state index is 11.8. The first-order valence-electron chi connectivity index (χ1n) is 8.15. The molecule has 1 atom stereocenters. The van der Waals surface area contributed by atoms with E-state index < -0.39 is 0 Å². The predicted octanol–water partition coefficient (Wildman–Crippen LogP) is 0.101. The Bertz CT molecular complexity index is 632. The molecule has 1 aliphatic rings. The number of likely N-dealkylation sites (N-methyl/N-ethyl adjacent to an activating group) is 1. The van der Waals surface area contributed by atoms with Gasteiger partial charge in [0.2, 0.25) is 5.91 Å². The molecule has 0 radical (unpaired) electrons. The summed E-state index contributed by atoms with van der Waals surface area (Å²) in [6, 6.07) is 0.199. The van der Waals surface area contributed by atoms with Gasteiger partial charge in [-0.3, -0.25) is 4.79 Å². The summed E-state index contributed by atoms with van der Waals surface area (Å²) in [5, 5.41) is 11.0. The number of rotatable bonds is 5. The van der Waals surface area contributed by atoms with Crippen molar-refractivity contribution in [2.45, 2.75) is 39.3 Å². The highest BCUT2D eigenvalue weighted by atomic mass is 16.2. The maximum Gasteiger partial charge on any atom is 0.243 e. The van der Waals surface area contributed by atoms with Crippen molar-refractivity contribution in [2.24, 2.45) is 4.99 Å². The minimum absolute atomic E-state index is 0.0377. The van der Waals surface area contributed by atoms with Gasteiger partial charge in [-0.15, -0.1) is 0 Å². The number of fused-ring (bicyclic) bond motifs is 1. The molecule has 0 spiro atoms. The molecule has 1 unspecified atom stereocenters. The SMILES string of the molecule is C=C(C)CNC(=NCC(=O)N(C)C)NC1CCc2nc(C)nn2C1. The molecular formula is C16H27N7O. The normalized spacial score (nSPS) is 17.2. The van der Waals surface area contributed by atoms with Crippen LogP contribution in [0.15, 0.2) is 17.1 Å². The number of carbonyl (C=O) groups excluding carboxylic acids is 1. The molecule has 1 aliphatic heterocycles. The van der Waals surface area contributed by atoms with Gasteiger partial charge in [0.05, 0.1) is 6.54 Å². The Hall–Kier alpha value is -2.38. The standard InChI is InChI=1S/C16H27N7O/c1-11(2)8-17-16(18-9-15(24)22(4)5)20-13-6-7-14-19-12(3)21-23(14)10-13/h13H,1,6-10H2,2-5H3,(H2,17,18,20). The quantitative estimate of drug-likeness (QED) is 0.453. The van der Waals surface area contributed by atoms with Gasteiger partial charge in [0.15, 0.2) is 5.96 Å². The first-order chi connectivity index (χ1) is 11.3. The molecule has 2 N–H and O–H groups in total. The highest BCUT2D eigenvalue weighted by Crippen LogP contribution is 2.12. The van der Waals surface area contributed by atoms with Gasteiger partial charge in [0, 0.05) is 33.1 Å². The van der Waals surface area contributed by atoms with Gasteiger partial charge in [0.25, 0.3) is 0 Å². The van der Waals surface area contributed by atoms with Crippen LogP contribution in [0.3, 0.4) is 0 Å². The van der Waals surface area contributed by atoms with Gasteiger partial charge in [-0.05, 0) is 20.3 Å². The Morgan fingerprint density at radius 1 is 1.50 bits per heavy atom. The number of nitrogens with zero attached hydrogens (tertiary/aromatic N) is 5. The van der Waals surface area contributed by atoms with Crippen molar-refractivity contribution in [1.29, 1.82) is 0 Å². The first-order valence-corrected chi connectivity index (χ1v) is 8.15. The lowest BCUT2D eigenvalue weighted by molar-refractivity contribution is -0.127. The van der Waals surface area contributed by atoms with Crippen molar-refractivity contribution in [2.75, 3.05) is 27.2 Å². The molecule has 0 fully saturated rings. The topological polar surface area (TPSA) is 87.4 Å². The Balaban J connectivity index is 2.00. The second kappa shape index (κ2) is 7.94. The summed E-state index contributed by atoms with van der Waals surface area (Å²) in [6.07, 6.45) is 1.83. The monoisotopic (exact) mass is 333 g/mol. The van der Waals surface area contributed by atoms with Gasteiger partial charge >= 0.3 is 0 Å². The molecule has 1 aromatic rings. The Morgan fingerprint density at radius 3 is 2.92 bits per heavy atom. The molecule has 0 bridgehead atoms. The minimum Gasteiger partial charge on any atom is -0.353 e. The van der Waals surface area contributed by atoms with Crippen molar-refractivity contribution in [3.8, 4) is 0 Å². The van der Waals surface area contributed by atoms with Crippen LogP contribution in [0.1, 0.15) is 25.0 Å². The summed E-state index contributed by atoms with van der Waals surface area (Å²) < 4.78 is 1.94. The Kier molecular flexibility index (Phi) is 5.94. The summed E-state index contributed by atoms with van der Waals surface area (Å²) in [4.78, 5) is 22.1. The number of aromatic nitrogens is 3. The minimum atomic E-state index is -0.0377. The molecule has 0 saturated carbocycles. The van der Waals surface area contributed by atoms with Crippen molar-refractivity contribution in [3.05, 3.63) is 23.8 Å². The number of guanidine groups is 1. The second-order valence-electron chi connectivity index (χ2n) is 6.40. The van der Waals surface area contributed by atoms with Crippen LogP contribution >= 0.6 is 0 Å². The molecule has 0 saturated heterocycles. The van der Waals surface area contributed by atoms with Crippen LogP contribution in [0, 0.1) is 6.92 Å². The zero-order valence-corrected chi connectivity index (χ0v) is 15.0. The molecule has 132 valence electrons. The average molecular weight is 333 g/mol. The molecule has 2 rings (SSSR count). The Labute approximate surface area is 143 Å². The lowest BCUT2D eigenvalue weighted by atomic mass is 10.1. The van der Waals surface area contributed by atoms with Crippen LogP contribution in [0.2, 0.25) is 0 Å². The van der Waals surface area contributed by atoms with Crippen LogP contribution < -0.4 is 10.6 Å². The van der Waals surface area contributed by atoms with E-state index in [0.717, 1.165) is 36.6 Å². The smallest absolute Gasteiger partial charge is 0.243 e. The predicted molar refractivity (Wildman–Crippen MR) is 93.8 cm³/mol. The number of aryl methyl sites for hydroxylation is 2. The van der Waals surface area contributed by atoms with Crippen molar-refractivity contribution < 1.29 is 4.79 Å². The van der Waals surface area contributed by atoms with Gasteiger partial charge < -0.3 is 15.5 Å². The molecule has 0 aromatic carbocycles. The summed E-state index contributed by atoms with van der Waals surface area (Å²) in [5.74, 6) is 2.42.